The van der Waals surface area contributed by atoms with E-state index in [0.717, 1.165) is 30.6 Å². The maximum absolute atomic E-state index is 13.2. The van der Waals surface area contributed by atoms with E-state index in [4.69, 9.17) is 9.52 Å². The molecule has 2 heterocycles. The molecular formula is C26H27N5O2. The highest BCUT2D eigenvalue weighted by Gasteiger charge is 2.23. The summed E-state index contributed by atoms with van der Waals surface area (Å²) in [6.07, 6.45) is 3.09. The molecule has 7 nitrogen and oxygen atoms in total. The normalized spacial score (nSPS) is 15.5. The highest BCUT2D eigenvalue weighted by Crippen LogP contribution is 2.30. The van der Waals surface area contributed by atoms with Crippen molar-refractivity contribution in [2.75, 3.05) is 0 Å². The van der Waals surface area contributed by atoms with Gasteiger partial charge in [-0.15, -0.1) is 10.2 Å². The first-order chi connectivity index (χ1) is 16.0. The summed E-state index contributed by atoms with van der Waals surface area (Å²) in [7, 11) is 0. The molecular weight excluding hydrogens is 414 g/mol. The fraction of sp³-hybridized carbons (Fsp3) is 0.308. The average molecular weight is 442 g/mol. The molecule has 0 spiro atoms. The molecule has 4 aromatic rings. The number of nitrogens with zero attached hydrogens (tertiary/aromatic N) is 4. The lowest BCUT2D eigenvalue weighted by Crippen LogP contribution is -2.31. The summed E-state index contributed by atoms with van der Waals surface area (Å²) >= 11 is 0. The molecule has 2 aromatic heterocycles. The minimum Gasteiger partial charge on any atom is -0.420 e. The number of nitrogens with one attached hydrogen (secondary N) is 1. The van der Waals surface area contributed by atoms with E-state index < -0.39 is 0 Å². The van der Waals surface area contributed by atoms with Crippen LogP contribution in [0.3, 0.4) is 0 Å². The van der Waals surface area contributed by atoms with E-state index in [1.807, 2.05) is 41.1 Å². The third-order valence-corrected chi connectivity index (χ3v) is 6.10. The Morgan fingerprint density at radius 2 is 1.97 bits per heavy atom. The first kappa shape index (κ1) is 21.1. The van der Waals surface area contributed by atoms with Crippen LogP contribution in [0.1, 0.15) is 71.7 Å². The van der Waals surface area contributed by atoms with Gasteiger partial charge in [-0.25, -0.2) is 4.68 Å². The van der Waals surface area contributed by atoms with Gasteiger partial charge in [-0.05, 0) is 60.6 Å². The van der Waals surface area contributed by atoms with Crippen LogP contribution >= 0.6 is 0 Å². The van der Waals surface area contributed by atoms with Gasteiger partial charge in [0.1, 0.15) is 5.69 Å². The van der Waals surface area contributed by atoms with Crippen molar-refractivity contribution >= 4 is 5.91 Å². The number of benzene rings is 2. The fourth-order valence-electron chi connectivity index (χ4n) is 4.44. The van der Waals surface area contributed by atoms with Crippen LogP contribution in [0.5, 0.6) is 0 Å². The van der Waals surface area contributed by atoms with E-state index in [1.54, 1.807) is 6.92 Å². The van der Waals surface area contributed by atoms with Gasteiger partial charge in [0.15, 0.2) is 0 Å². The Balaban J connectivity index is 1.44. The maximum atomic E-state index is 13.2. The number of carbonyl (C=O) groups is 1. The first-order valence-corrected chi connectivity index (χ1v) is 11.4. The highest BCUT2D eigenvalue weighted by molar-refractivity contribution is 5.95. The molecule has 0 fully saturated rings. The van der Waals surface area contributed by atoms with Crippen LogP contribution in [0.4, 0.5) is 0 Å². The van der Waals surface area contributed by atoms with E-state index in [9.17, 15) is 4.79 Å². The van der Waals surface area contributed by atoms with Crippen LogP contribution in [0.25, 0.3) is 17.3 Å². The number of aryl methyl sites for hydroxylation is 2. The standard InChI is InChI=1S/C26H27N5O2/c1-16(2)24-15-23(26-29-28-17(3)33-26)30-31(24)20-11-6-10-19(14-20)25(32)27-22-13-7-9-18-8-4-5-12-21(18)22/h4-6,8,10-12,14-16,22H,7,9,13H2,1-3H3,(H,27,32)/t22-/m0/s1. The molecule has 1 N–H and O–H groups in total. The molecule has 1 aliphatic rings. The molecule has 0 saturated carbocycles. The minimum absolute atomic E-state index is 0.0365. The number of carbonyl (C=O) groups excluding carboxylic acids is 1. The Bertz CT molecular complexity index is 1300. The Labute approximate surface area is 192 Å². The summed E-state index contributed by atoms with van der Waals surface area (Å²) in [5.41, 5.74) is 5.59. The number of fused-ring (bicyclic) bond motifs is 1. The van der Waals surface area contributed by atoms with Gasteiger partial charge in [0, 0.05) is 18.2 Å². The molecule has 1 aliphatic carbocycles. The molecule has 1 atom stereocenters. The number of aromatic nitrogens is 4. The van der Waals surface area contributed by atoms with Gasteiger partial charge in [-0.3, -0.25) is 4.79 Å². The topological polar surface area (TPSA) is 85.8 Å². The van der Waals surface area contributed by atoms with Crippen LogP contribution < -0.4 is 5.32 Å². The van der Waals surface area contributed by atoms with Crippen molar-refractivity contribution in [2.24, 2.45) is 0 Å². The van der Waals surface area contributed by atoms with Crippen LogP contribution in [0, 0.1) is 6.92 Å². The average Bonchev–Trinajstić information content (AvgIpc) is 3.46. The lowest BCUT2D eigenvalue weighted by molar-refractivity contribution is 0.0932. The van der Waals surface area contributed by atoms with Crippen molar-refractivity contribution in [3.8, 4) is 17.3 Å². The molecule has 0 aliphatic heterocycles. The predicted octanol–water partition coefficient (Wildman–Crippen LogP) is 5.16. The van der Waals surface area contributed by atoms with Crippen LogP contribution in [0.2, 0.25) is 0 Å². The Morgan fingerprint density at radius 3 is 2.76 bits per heavy atom. The molecule has 168 valence electrons. The van der Waals surface area contributed by atoms with Crippen LogP contribution in [0.15, 0.2) is 59.0 Å². The van der Waals surface area contributed by atoms with E-state index in [-0.39, 0.29) is 17.9 Å². The molecule has 0 saturated heterocycles. The largest absolute Gasteiger partial charge is 0.420 e. The molecule has 2 aromatic carbocycles. The summed E-state index contributed by atoms with van der Waals surface area (Å²) in [5, 5.41) is 16.0. The third kappa shape index (κ3) is 4.18. The second-order valence-electron chi connectivity index (χ2n) is 8.81. The number of rotatable bonds is 5. The zero-order chi connectivity index (χ0) is 22.9. The number of hydrogen-bond acceptors (Lipinski definition) is 5. The van der Waals surface area contributed by atoms with Crippen molar-refractivity contribution in [3.05, 3.63) is 82.9 Å². The summed E-state index contributed by atoms with van der Waals surface area (Å²) < 4.78 is 7.42. The first-order valence-electron chi connectivity index (χ1n) is 11.4. The van der Waals surface area contributed by atoms with Gasteiger partial charge in [0.25, 0.3) is 11.8 Å². The summed E-state index contributed by atoms with van der Waals surface area (Å²) in [4.78, 5) is 13.2. The van der Waals surface area contributed by atoms with Crippen LogP contribution in [-0.4, -0.2) is 25.9 Å². The summed E-state index contributed by atoms with van der Waals surface area (Å²) in [6, 6.07) is 17.9. The van der Waals surface area contributed by atoms with E-state index in [1.165, 1.54) is 11.1 Å². The van der Waals surface area contributed by atoms with Crippen molar-refractivity contribution in [2.45, 2.75) is 52.0 Å². The third-order valence-electron chi connectivity index (χ3n) is 6.10. The monoisotopic (exact) mass is 441 g/mol. The molecule has 1 amide bonds. The van der Waals surface area contributed by atoms with Gasteiger partial charge in [0.2, 0.25) is 5.89 Å². The van der Waals surface area contributed by atoms with Crippen molar-refractivity contribution in [1.29, 1.82) is 0 Å². The second kappa shape index (κ2) is 8.65. The van der Waals surface area contributed by atoms with Gasteiger partial charge in [-0.1, -0.05) is 44.2 Å². The Hall–Kier alpha value is -3.74. The zero-order valence-corrected chi connectivity index (χ0v) is 19.1. The predicted molar refractivity (Wildman–Crippen MR) is 125 cm³/mol. The molecule has 7 heteroatoms. The summed E-state index contributed by atoms with van der Waals surface area (Å²) in [5.74, 6) is 1.02. The quantitative estimate of drug-likeness (QED) is 0.462. The lowest BCUT2D eigenvalue weighted by Gasteiger charge is -2.26. The molecule has 5 rings (SSSR count). The Kier molecular flexibility index (Phi) is 5.54. The van der Waals surface area contributed by atoms with Gasteiger partial charge >= 0.3 is 0 Å². The van der Waals surface area contributed by atoms with E-state index in [2.05, 4.69) is 47.6 Å². The smallest absolute Gasteiger partial charge is 0.268 e. The van der Waals surface area contributed by atoms with Crippen molar-refractivity contribution < 1.29 is 9.21 Å². The summed E-state index contributed by atoms with van der Waals surface area (Å²) in [6.45, 7) is 5.96. The maximum Gasteiger partial charge on any atom is 0.268 e. The molecule has 0 unspecified atom stereocenters. The SMILES string of the molecule is Cc1nnc(-c2cc(C(C)C)n(-c3cccc(C(=O)N[C@H]4CCCc5ccccc54)c3)n2)o1. The minimum atomic E-state index is -0.0791. The lowest BCUT2D eigenvalue weighted by atomic mass is 9.87. The van der Waals surface area contributed by atoms with Gasteiger partial charge in [-0.2, -0.15) is 5.10 Å². The zero-order valence-electron chi connectivity index (χ0n) is 19.1. The van der Waals surface area contributed by atoms with Crippen molar-refractivity contribution in [3.63, 3.8) is 0 Å². The fourth-order valence-corrected chi connectivity index (χ4v) is 4.44. The molecule has 0 bridgehead atoms. The molecule has 33 heavy (non-hydrogen) atoms. The Morgan fingerprint density at radius 1 is 1.12 bits per heavy atom. The number of amides is 1. The van der Waals surface area contributed by atoms with E-state index in [0.29, 0.717) is 23.0 Å². The molecule has 0 radical (unpaired) electrons. The van der Waals surface area contributed by atoms with Crippen molar-refractivity contribution in [1.82, 2.24) is 25.3 Å². The van der Waals surface area contributed by atoms with E-state index >= 15 is 0 Å². The second-order valence-corrected chi connectivity index (χ2v) is 8.81. The van der Waals surface area contributed by atoms with Gasteiger partial charge in [0.05, 0.1) is 11.7 Å². The number of hydrogen-bond donors (Lipinski definition) is 1. The van der Waals surface area contributed by atoms with Crippen LogP contribution in [-0.2, 0) is 6.42 Å². The van der Waals surface area contributed by atoms with Gasteiger partial charge < -0.3 is 9.73 Å². The highest BCUT2D eigenvalue weighted by atomic mass is 16.4.